The average Bonchev–Trinajstić information content (AvgIpc) is 3.08. The number of guanidine groups is 1. The molecule has 0 amide bonds. The Balaban J connectivity index is 1.86. The van der Waals surface area contributed by atoms with E-state index < -0.39 is 0 Å². The van der Waals surface area contributed by atoms with Crippen LogP contribution < -0.4 is 15.4 Å². The van der Waals surface area contributed by atoms with E-state index in [4.69, 9.17) is 14.5 Å². The number of methoxy groups -OCH3 is 1. The van der Waals surface area contributed by atoms with Gasteiger partial charge in [-0.15, -0.1) is 0 Å². The highest BCUT2D eigenvalue weighted by molar-refractivity contribution is 5.79. The first-order chi connectivity index (χ1) is 12.7. The second-order valence-corrected chi connectivity index (χ2v) is 6.65. The van der Waals surface area contributed by atoms with Crippen molar-refractivity contribution in [3.63, 3.8) is 0 Å². The summed E-state index contributed by atoms with van der Waals surface area (Å²) in [6.45, 7) is 7.18. The first-order valence-corrected chi connectivity index (χ1v) is 9.66. The standard InChI is InChI=1S/C20H34N4O2/c1-4-26-14-6-12-21-20(23-16-18-7-5-13-24(18)2)22-15-17-8-10-19(25-3)11-9-17/h8-11,18H,4-7,12-16H2,1-3H3,(H2,21,22,23). The van der Waals surface area contributed by atoms with Crippen molar-refractivity contribution in [1.29, 1.82) is 0 Å². The summed E-state index contributed by atoms with van der Waals surface area (Å²) in [5, 5.41) is 6.93. The molecule has 0 aromatic heterocycles. The number of rotatable bonds is 10. The molecule has 146 valence electrons. The molecule has 1 aliphatic heterocycles. The molecule has 0 bridgehead atoms. The Morgan fingerprint density at radius 3 is 2.73 bits per heavy atom. The monoisotopic (exact) mass is 362 g/mol. The molecule has 0 spiro atoms. The molecule has 1 aliphatic rings. The lowest BCUT2D eigenvalue weighted by Gasteiger charge is -2.21. The Hall–Kier alpha value is -1.79. The molecule has 1 aromatic rings. The summed E-state index contributed by atoms with van der Waals surface area (Å²) in [6, 6.07) is 8.65. The van der Waals surface area contributed by atoms with E-state index in [2.05, 4.69) is 34.7 Å². The summed E-state index contributed by atoms with van der Waals surface area (Å²) in [5.41, 5.74) is 1.17. The third-order valence-corrected chi connectivity index (χ3v) is 4.72. The highest BCUT2D eigenvalue weighted by atomic mass is 16.5. The molecule has 1 saturated heterocycles. The maximum atomic E-state index is 5.40. The first kappa shape index (κ1) is 20.5. The van der Waals surface area contributed by atoms with Gasteiger partial charge in [-0.2, -0.15) is 0 Å². The SMILES string of the molecule is CCOCCCNC(=NCc1ccc(OC)cc1)NCC1CCCN1C. The van der Waals surface area contributed by atoms with Gasteiger partial charge in [-0.1, -0.05) is 12.1 Å². The molecule has 0 saturated carbocycles. The van der Waals surface area contributed by atoms with E-state index in [9.17, 15) is 0 Å². The summed E-state index contributed by atoms with van der Waals surface area (Å²) in [7, 11) is 3.88. The van der Waals surface area contributed by atoms with E-state index in [1.165, 1.54) is 24.9 Å². The van der Waals surface area contributed by atoms with Crippen molar-refractivity contribution in [2.24, 2.45) is 4.99 Å². The van der Waals surface area contributed by atoms with Crippen LogP contribution in [0, 0.1) is 0 Å². The lowest BCUT2D eigenvalue weighted by atomic mass is 10.2. The van der Waals surface area contributed by atoms with Crippen LogP contribution in [0.1, 0.15) is 31.7 Å². The Morgan fingerprint density at radius 1 is 1.27 bits per heavy atom. The van der Waals surface area contributed by atoms with Gasteiger partial charge < -0.3 is 25.0 Å². The summed E-state index contributed by atoms with van der Waals surface area (Å²) in [4.78, 5) is 7.17. The molecular weight excluding hydrogens is 328 g/mol. The van der Waals surface area contributed by atoms with Gasteiger partial charge in [-0.3, -0.25) is 0 Å². The minimum Gasteiger partial charge on any atom is -0.497 e. The second-order valence-electron chi connectivity index (χ2n) is 6.65. The third kappa shape index (κ3) is 7.22. The quantitative estimate of drug-likeness (QED) is 0.380. The smallest absolute Gasteiger partial charge is 0.191 e. The van der Waals surface area contributed by atoms with E-state index >= 15 is 0 Å². The largest absolute Gasteiger partial charge is 0.497 e. The Labute approximate surface area is 158 Å². The Bertz CT molecular complexity index is 533. The number of aliphatic imine (C=N–C) groups is 1. The molecule has 0 radical (unpaired) electrons. The molecule has 1 unspecified atom stereocenters. The Morgan fingerprint density at radius 2 is 2.08 bits per heavy atom. The zero-order chi connectivity index (χ0) is 18.6. The minimum absolute atomic E-state index is 0.589. The van der Waals surface area contributed by atoms with E-state index in [1.807, 2.05) is 19.1 Å². The summed E-state index contributed by atoms with van der Waals surface area (Å²) in [5.74, 6) is 1.74. The van der Waals surface area contributed by atoms with Crippen LogP contribution in [-0.2, 0) is 11.3 Å². The summed E-state index contributed by atoms with van der Waals surface area (Å²) >= 11 is 0. The van der Waals surface area contributed by atoms with Crippen LogP contribution in [0.15, 0.2) is 29.3 Å². The van der Waals surface area contributed by atoms with Crippen molar-refractivity contribution < 1.29 is 9.47 Å². The first-order valence-electron chi connectivity index (χ1n) is 9.66. The minimum atomic E-state index is 0.589. The molecule has 1 atom stereocenters. The molecule has 2 rings (SSSR count). The predicted octanol–water partition coefficient (Wildman–Crippen LogP) is 2.25. The number of nitrogens with one attached hydrogen (secondary N) is 2. The van der Waals surface area contributed by atoms with Gasteiger partial charge in [0.2, 0.25) is 0 Å². The van der Waals surface area contributed by atoms with Crippen LogP contribution in [0.3, 0.4) is 0 Å². The van der Waals surface area contributed by atoms with Crippen molar-refractivity contribution in [3.8, 4) is 5.75 Å². The molecule has 0 aliphatic carbocycles. The van der Waals surface area contributed by atoms with E-state index in [0.717, 1.165) is 44.4 Å². The van der Waals surface area contributed by atoms with Gasteiger partial charge in [0, 0.05) is 32.3 Å². The van der Waals surface area contributed by atoms with Crippen LogP contribution in [0.2, 0.25) is 0 Å². The van der Waals surface area contributed by atoms with Crippen LogP contribution in [0.5, 0.6) is 5.75 Å². The maximum absolute atomic E-state index is 5.40. The van der Waals surface area contributed by atoms with Gasteiger partial charge in [0.15, 0.2) is 5.96 Å². The van der Waals surface area contributed by atoms with Crippen LogP contribution in [-0.4, -0.2) is 63.9 Å². The maximum Gasteiger partial charge on any atom is 0.191 e. The van der Waals surface area contributed by atoms with Crippen LogP contribution >= 0.6 is 0 Å². The molecule has 6 nitrogen and oxygen atoms in total. The van der Waals surface area contributed by atoms with Crippen molar-refractivity contribution in [1.82, 2.24) is 15.5 Å². The normalized spacial score (nSPS) is 18.1. The number of ether oxygens (including phenoxy) is 2. The van der Waals surface area contributed by atoms with Crippen molar-refractivity contribution in [3.05, 3.63) is 29.8 Å². The Kier molecular flexibility index (Phi) is 9.28. The van der Waals surface area contributed by atoms with E-state index in [0.29, 0.717) is 12.6 Å². The fourth-order valence-electron chi connectivity index (χ4n) is 3.05. The van der Waals surface area contributed by atoms with Crippen LogP contribution in [0.4, 0.5) is 0 Å². The third-order valence-electron chi connectivity index (χ3n) is 4.72. The number of hydrogen-bond acceptors (Lipinski definition) is 4. The van der Waals surface area contributed by atoms with Crippen molar-refractivity contribution >= 4 is 5.96 Å². The fraction of sp³-hybridized carbons (Fsp3) is 0.650. The zero-order valence-corrected chi connectivity index (χ0v) is 16.5. The zero-order valence-electron chi connectivity index (χ0n) is 16.5. The van der Waals surface area contributed by atoms with Gasteiger partial charge in [0.25, 0.3) is 0 Å². The lowest BCUT2D eigenvalue weighted by molar-refractivity contribution is 0.145. The molecule has 1 fully saturated rings. The van der Waals surface area contributed by atoms with Gasteiger partial charge in [-0.25, -0.2) is 4.99 Å². The van der Waals surface area contributed by atoms with Gasteiger partial charge in [0.05, 0.1) is 13.7 Å². The summed E-state index contributed by atoms with van der Waals surface area (Å²) in [6.07, 6.45) is 3.50. The molecule has 2 N–H and O–H groups in total. The van der Waals surface area contributed by atoms with Crippen molar-refractivity contribution in [2.75, 3.05) is 47.0 Å². The average molecular weight is 363 g/mol. The molecule has 6 heteroatoms. The highest BCUT2D eigenvalue weighted by Gasteiger charge is 2.20. The molecule has 1 aromatic carbocycles. The number of nitrogens with zero attached hydrogens (tertiary/aromatic N) is 2. The second kappa shape index (κ2) is 11.8. The number of hydrogen-bond donors (Lipinski definition) is 2. The fourth-order valence-corrected chi connectivity index (χ4v) is 3.05. The summed E-state index contributed by atoms with van der Waals surface area (Å²) < 4.78 is 10.6. The van der Waals surface area contributed by atoms with E-state index in [1.54, 1.807) is 7.11 Å². The number of likely N-dealkylation sites (tertiary alicyclic amines) is 1. The highest BCUT2D eigenvalue weighted by Crippen LogP contribution is 2.14. The molecule has 1 heterocycles. The predicted molar refractivity (Wildman–Crippen MR) is 107 cm³/mol. The topological polar surface area (TPSA) is 58.1 Å². The van der Waals surface area contributed by atoms with Crippen LogP contribution in [0.25, 0.3) is 0 Å². The van der Waals surface area contributed by atoms with Crippen molar-refractivity contribution in [2.45, 2.75) is 38.8 Å². The lowest BCUT2D eigenvalue weighted by Crippen LogP contribution is -2.44. The number of likely N-dealkylation sites (N-methyl/N-ethyl adjacent to an activating group) is 1. The van der Waals surface area contributed by atoms with Gasteiger partial charge in [-0.05, 0) is 57.5 Å². The molecule has 26 heavy (non-hydrogen) atoms. The molecular formula is C20H34N4O2. The van der Waals surface area contributed by atoms with E-state index in [-0.39, 0.29) is 0 Å². The van der Waals surface area contributed by atoms with Gasteiger partial charge >= 0.3 is 0 Å². The number of benzene rings is 1. The van der Waals surface area contributed by atoms with Gasteiger partial charge in [0.1, 0.15) is 5.75 Å².